The fraction of sp³-hybridized carbons (Fsp3) is 0.857. The third-order valence-corrected chi connectivity index (χ3v) is 4.26. The van der Waals surface area contributed by atoms with Gasteiger partial charge in [0.15, 0.2) is 11.9 Å². The highest BCUT2D eigenvalue weighted by Crippen LogP contribution is 2.00. The van der Waals surface area contributed by atoms with Crippen LogP contribution in [0.25, 0.3) is 0 Å². The van der Waals surface area contributed by atoms with Crippen molar-refractivity contribution in [2.75, 3.05) is 78.7 Å². The van der Waals surface area contributed by atoms with E-state index in [1.807, 2.05) is 9.80 Å². The third kappa shape index (κ3) is 14.8. The van der Waals surface area contributed by atoms with Gasteiger partial charge in [-0.15, -0.1) is 0 Å². The molecule has 0 aromatic rings. The summed E-state index contributed by atoms with van der Waals surface area (Å²) in [5, 5.41) is 31.7. The smallest absolute Gasteiger partial charge is 0.188 e. The maximum atomic E-state index is 8.67. The van der Waals surface area contributed by atoms with Crippen LogP contribution in [0.3, 0.4) is 0 Å². The molecule has 0 unspecified atom stereocenters. The lowest BCUT2D eigenvalue weighted by molar-refractivity contribution is 0.146. The SMILES string of the molecule is N=C(N)N1CCN(CCO)CC1.N=C(N)N1CCN(CCO)CC1.O=S(=O)([O-])[O-]. The molecule has 2 fully saturated rings. The predicted octanol–water partition coefficient (Wildman–Crippen LogP) is -4.36. The van der Waals surface area contributed by atoms with E-state index in [0.717, 1.165) is 65.4 Å². The van der Waals surface area contributed by atoms with Gasteiger partial charge in [-0.3, -0.25) is 29.0 Å². The Balaban J connectivity index is 0.000000442. The van der Waals surface area contributed by atoms with Crippen LogP contribution in [0, 0.1) is 10.8 Å². The Morgan fingerprint density at radius 3 is 1.17 bits per heavy atom. The van der Waals surface area contributed by atoms with Gasteiger partial charge in [0.05, 0.1) is 13.2 Å². The molecule has 14 nitrogen and oxygen atoms in total. The molecule has 0 atom stereocenters. The average Bonchev–Trinajstić information content (AvgIpc) is 2.62. The van der Waals surface area contributed by atoms with Crippen LogP contribution < -0.4 is 11.5 Å². The van der Waals surface area contributed by atoms with Gasteiger partial charge in [-0.1, -0.05) is 0 Å². The number of aliphatic hydroxyl groups is 2. The zero-order valence-corrected chi connectivity index (χ0v) is 17.2. The molecule has 0 amide bonds. The van der Waals surface area contributed by atoms with E-state index < -0.39 is 10.4 Å². The first-order valence-electron chi connectivity index (χ1n) is 8.99. The van der Waals surface area contributed by atoms with Crippen molar-refractivity contribution in [1.29, 1.82) is 10.8 Å². The second kappa shape index (κ2) is 14.3. The molecule has 0 aliphatic carbocycles. The lowest BCUT2D eigenvalue weighted by atomic mass is 10.3. The summed E-state index contributed by atoms with van der Waals surface area (Å²) < 4.78 is 34.1. The molecule has 8 N–H and O–H groups in total. The van der Waals surface area contributed by atoms with Gasteiger partial charge in [0.25, 0.3) is 0 Å². The van der Waals surface area contributed by atoms with Gasteiger partial charge < -0.3 is 40.6 Å². The summed E-state index contributed by atoms with van der Waals surface area (Å²) in [6.07, 6.45) is 0. The van der Waals surface area contributed by atoms with E-state index in [1.54, 1.807) is 0 Å². The molecule has 2 saturated heterocycles. The molecule has 172 valence electrons. The van der Waals surface area contributed by atoms with E-state index in [2.05, 4.69) is 9.80 Å². The summed E-state index contributed by atoms with van der Waals surface area (Å²) in [5.74, 6) is 0.303. The molecule has 2 heterocycles. The molecular weight excluding hydrogens is 408 g/mol. The highest BCUT2D eigenvalue weighted by atomic mass is 32.3. The highest BCUT2D eigenvalue weighted by molar-refractivity contribution is 7.79. The second-order valence-electron chi connectivity index (χ2n) is 6.28. The predicted molar refractivity (Wildman–Crippen MR) is 105 cm³/mol. The van der Waals surface area contributed by atoms with E-state index in [1.165, 1.54) is 0 Å². The van der Waals surface area contributed by atoms with Gasteiger partial charge in [0.2, 0.25) is 0 Å². The average molecular weight is 441 g/mol. The van der Waals surface area contributed by atoms with Gasteiger partial charge in [-0.2, -0.15) is 0 Å². The standard InChI is InChI=1S/2C7H16N4O.H2O4S/c2*8-7(9)11-3-1-10(2-4-11)5-6-12;1-5(2,3)4/h2*12H,1-6H2,(H3,8,9);(H2,1,2,3,4)/p-2. The normalized spacial score (nSPS) is 18.2. The van der Waals surface area contributed by atoms with Gasteiger partial charge in [0.1, 0.15) is 0 Å². The Labute approximate surface area is 171 Å². The quantitative estimate of drug-likeness (QED) is 0.105. The molecule has 0 aromatic carbocycles. The number of nitrogens with two attached hydrogens (primary N) is 2. The molecule has 2 rings (SSSR count). The van der Waals surface area contributed by atoms with Gasteiger partial charge in [-0.25, -0.2) is 0 Å². The van der Waals surface area contributed by atoms with Gasteiger partial charge in [-0.05, 0) is 0 Å². The van der Waals surface area contributed by atoms with E-state index >= 15 is 0 Å². The molecular formula is C14H32N8O6S-2. The summed E-state index contributed by atoms with van der Waals surface area (Å²) in [4.78, 5) is 8.01. The molecule has 15 heteroatoms. The van der Waals surface area contributed by atoms with Crippen LogP contribution in [0.4, 0.5) is 0 Å². The highest BCUT2D eigenvalue weighted by Gasteiger charge is 2.17. The molecule has 2 aliphatic rings. The van der Waals surface area contributed by atoms with Crippen LogP contribution in [0.1, 0.15) is 0 Å². The molecule has 0 saturated carbocycles. The van der Waals surface area contributed by atoms with Crippen molar-refractivity contribution >= 4 is 22.3 Å². The van der Waals surface area contributed by atoms with Crippen LogP contribution in [-0.4, -0.2) is 138 Å². The Bertz CT molecular complexity index is 533. The first-order valence-corrected chi connectivity index (χ1v) is 10.3. The minimum Gasteiger partial charge on any atom is -0.759 e. The van der Waals surface area contributed by atoms with Crippen molar-refractivity contribution in [3.05, 3.63) is 0 Å². The molecule has 0 bridgehead atoms. The van der Waals surface area contributed by atoms with Crippen molar-refractivity contribution in [1.82, 2.24) is 19.6 Å². The van der Waals surface area contributed by atoms with Crippen molar-refractivity contribution in [2.45, 2.75) is 0 Å². The Morgan fingerprint density at radius 1 is 0.759 bits per heavy atom. The molecule has 0 spiro atoms. The summed E-state index contributed by atoms with van der Waals surface area (Å²) in [5.41, 5.74) is 10.7. The van der Waals surface area contributed by atoms with Crippen molar-refractivity contribution < 1.29 is 27.7 Å². The van der Waals surface area contributed by atoms with Crippen LogP contribution in [0.15, 0.2) is 0 Å². The molecule has 0 aromatic heterocycles. The summed E-state index contributed by atoms with van der Waals surface area (Å²) >= 11 is 0. The largest absolute Gasteiger partial charge is 0.759 e. The number of β-amino-alcohol motifs (C(OH)–C–C–N with tert-alkyl or cyclic N) is 2. The lowest BCUT2D eigenvalue weighted by Gasteiger charge is -2.34. The number of piperazine rings is 2. The number of hydrogen-bond donors (Lipinski definition) is 6. The first-order chi connectivity index (χ1) is 13.5. The number of rotatable bonds is 4. The zero-order valence-electron chi connectivity index (χ0n) is 16.4. The minimum atomic E-state index is -5.17. The van der Waals surface area contributed by atoms with Gasteiger partial charge in [0, 0.05) is 75.8 Å². The summed E-state index contributed by atoms with van der Waals surface area (Å²) in [7, 11) is -5.17. The Hall–Kier alpha value is -1.75. The van der Waals surface area contributed by atoms with Crippen molar-refractivity contribution in [3.8, 4) is 0 Å². The number of guanidine groups is 2. The van der Waals surface area contributed by atoms with Crippen molar-refractivity contribution in [3.63, 3.8) is 0 Å². The van der Waals surface area contributed by atoms with Gasteiger partial charge >= 0.3 is 0 Å². The zero-order chi connectivity index (χ0) is 22.4. The fourth-order valence-corrected chi connectivity index (χ4v) is 2.71. The van der Waals surface area contributed by atoms with E-state index in [-0.39, 0.29) is 25.1 Å². The maximum Gasteiger partial charge on any atom is 0.188 e. The number of nitrogens with one attached hydrogen (secondary N) is 2. The lowest BCUT2D eigenvalue weighted by Crippen LogP contribution is -2.51. The number of nitrogens with zero attached hydrogens (tertiary/aromatic N) is 4. The molecule has 2 aliphatic heterocycles. The maximum absolute atomic E-state index is 8.67. The monoisotopic (exact) mass is 440 g/mol. The van der Waals surface area contributed by atoms with E-state index in [4.69, 9.17) is 50.0 Å². The summed E-state index contributed by atoms with van der Waals surface area (Å²) in [6.45, 7) is 8.63. The number of aliphatic hydroxyl groups excluding tert-OH is 2. The van der Waals surface area contributed by atoms with Crippen LogP contribution in [-0.2, 0) is 10.4 Å². The third-order valence-electron chi connectivity index (χ3n) is 4.26. The molecule has 29 heavy (non-hydrogen) atoms. The number of hydrogen-bond acceptors (Lipinski definition) is 10. The Morgan fingerprint density at radius 2 is 1.00 bits per heavy atom. The van der Waals surface area contributed by atoms with E-state index in [9.17, 15) is 0 Å². The van der Waals surface area contributed by atoms with Crippen LogP contribution in [0.5, 0.6) is 0 Å². The topological polar surface area (TPSA) is 233 Å². The first kappa shape index (κ1) is 27.2. The summed E-state index contributed by atoms with van der Waals surface area (Å²) in [6, 6.07) is 0. The second-order valence-corrected chi connectivity index (χ2v) is 7.10. The fourth-order valence-electron chi connectivity index (χ4n) is 2.71. The Kier molecular flexibility index (Phi) is 13.4. The minimum absolute atomic E-state index is 0.152. The van der Waals surface area contributed by atoms with Crippen molar-refractivity contribution in [2.24, 2.45) is 11.5 Å². The van der Waals surface area contributed by atoms with E-state index in [0.29, 0.717) is 0 Å². The van der Waals surface area contributed by atoms with Crippen LogP contribution >= 0.6 is 0 Å². The van der Waals surface area contributed by atoms with Crippen LogP contribution in [0.2, 0.25) is 0 Å². The molecule has 0 radical (unpaired) electrons.